The molecule has 4 rings (SSSR count). The lowest BCUT2D eigenvalue weighted by Gasteiger charge is -2.07. The van der Waals surface area contributed by atoms with E-state index >= 15 is 0 Å². The van der Waals surface area contributed by atoms with Crippen molar-refractivity contribution < 1.29 is 0 Å². The summed E-state index contributed by atoms with van der Waals surface area (Å²) in [4.78, 5) is 4.76. The lowest BCUT2D eigenvalue weighted by molar-refractivity contribution is 0.765. The SMILES string of the molecule is c1ccc2c(c1)CCc1nc3ccccc3n1C2. The van der Waals surface area contributed by atoms with E-state index in [9.17, 15) is 0 Å². The number of hydrogen-bond acceptors (Lipinski definition) is 1. The molecule has 0 saturated carbocycles. The van der Waals surface area contributed by atoms with Gasteiger partial charge in [0, 0.05) is 13.0 Å². The van der Waals surface area contributed by atoms with Crippen LogP contribution < -0.4 is 0 Å². The number of benzene rings is 2. The van der Waals surface area contributed by atoms with Crippen LogP contribution in [0.2, 0.25) is 0 Å². The van der Waals surface area contributed by atoms with Crippen LogP contribution in [0.25, 0.3) is 11.0 Å². The first-order chi connectivity index (χ1) is 8.92. The Morgan fingerprint density at radius 2 is 1.61 bits per heavy atom. The summed E-state index contributed by atoms with van der Waals surface area (Å²) in [7, 11) is 0. The van der Waals surface area contributed by atoms with E-state index in [0.29, 0.717) is 0 Å². The highest BCUT2D eigenvalue weighted by molar-refractivity contribution is 5.76. The molecular weight excluding hydrogens is 220 g/mol. The molecule has 0 bridgehead atoms. The molecule has 3 aromatic rings. The second kappa shape index (κ2) is 3.70. The molecule has 1 aliphatic rings. The summed E-state index contributed by atoms with van der Waals surface area (Å²) in [6, 6.07) is 17.1. The summed E-state index contributed by atoms with van der Waals surface area (Å²) in [5, 5.41) is 0. The van der Waals surface area contributed by atoms with Crippen molar-refractivity contribution >= 4 is 11.0 Å². The molecule has 0 N–H and O–H groups in total. The number of rotatable bonds is 0. The first-order valence-corrected chi connectivity index (χ1v) is 6.43. The highest BCUT2D eigenvalue weighted by Crippen LogP contribution is 2.24. The second-order valence-electron chi connectivity index (χ2n) is 4.87. The van der Waals surface area contributed by atoms with Gasteiger partial charge in [-0.25, -0.2) is 4.98 Å². The predicted molar refractivity (Wildman–Crippen MR) is 72.7 cm³/mol. The van der Waals surface area contributed by atoms with Crippen LogP contribution >= 0.6 is 0 Å². The average molecular weight is 234 g/mol. The largest absolute Gasteiger partial charge is 0.323 e. The van der Waals surface area contributed by atoms with Crippen molar-refractivity contribution in [2.24, 2.45) is 0 Å². The van der Waals surface area contributed by atoms with Gasteiger partial charge < -0.3 is 4.57 Å². The summed E-state index contributed by atoms with van der Waals surface area (Å²) in [5.41, 5.74) is 5.27. The van der Waals surface area contributed by atoms with Crippen LogP contribution in [0, 0.1) is 0 Å². The fourth-order valence-corrected chi connectivity index (χ4v) is 2.87. The van der Waals surface area contributed by atoms with Gasteiger partial charge in [-0.2, -0.15) is 0 Å². The van der Waals surface area contributed by atoms with Gasteiger partial charge in [-0.05, 0) is 29.7 Å². The van der Waals surface area contributed by atoms with Crippen LogP contribution in [0.4, 0.5) is 0 Å². The van der Waals surface area contributed by atoms with E-state index in [1.165, 1.54) is 22.5 Å². The lowest BCUT2D eigenvalue weighted by Crippen LogP contribution is -2.02. The van der Waals surface area contributed by atoms with Gasteiger partial charge in [0.25, 0.3) is 0 Å². The number of aromatic nitrogens is 2. The zero-order valence-corrected chi connectivity index (χ0v) is 10.1. The van der Waals surface area contributed by atoms with Crippen LogP contribution in [0.5, 0.6) is 0 Å². The first-order valence-electron chi connectivity index (χ1n) is 6.43. The summed E-state index contributed by atoms with van der Waals surface area (Å²) in [6.45, 7) is 0.950. The highest BCUT2D eigenvalue weighted by atomic mass is 15.1. The molecule has 0 radical (unpaired) electrons. The molecule has 88 valence electrons. The van der Waals surface area contributed by atoms with Gasteiger partial charge in [0.2, 0.25) is 0 Å². The molecule has 2 aromatic carbocycles. The molecule has 18 heavy (non-hydrogen) atoms. The average Bonchev–Trinajstić information content (AvgIpc) is 2.65. The Hall–Kier alpha value is -2.09. The standard InChI is InChI=1S/C16H14N2/c1-2-6-13-11-18-15-8-4-3-7-14(15)17-16(18)10-9-12(13)5-1/h1-8H,9-11H2. The van der Waals surface area contributed by atoms with Gasteiger partial charge >= 0.3 is 0 Å². The summed E-state index contributed by atoms with van der Waals surface area (Å²) in [5.74, 6) is 1.22. The van der Waals surface area contributed by atoms with E-state index in [-0.39, 0.29) is 0 Å². The van der Waals surface area contributed by atoms with Gasteiger partial charge in [0.15, 0.2) is 0 Å². The van der Waals surface area contributed by atoms with E-state index in [2.05, 4.69) is 53.1 Å². The summed E-state index contributed by atoms with van der Waals surface area (Å²) < 4.78 is 2.36. The normalized spacial score (nSPS) is 14.0. The predicted octanol–water partition coefficient (Wildman–Crippen LogP) is 3.18. The van der Waals surface area contributed by atoms with Crippen LogP contribution in [0.3, 0.4) is 0 Å². The number of aryl methyl sites for hydroxylation is 2. The molecule has 0 amide bonds. The molecule has 2 nitrogen and oxygen atoms in total. The Labute approximate surface area is 106 Å². The Balaban J connectivity index is 1.95. The van der Waals surface area contributed by atoms with Crippen molar-refractivity contribution in [1.82, 2.24) is 9.55 Å². The fourth-order valence-electron chi connectivity index (χ4n) is 2.87. The van der Waals surface area contributed by atoms with Crippen LogP contribution in [0.15, 0.2) is 48.5 Å². The molecule has 1 aromatic heterocycles. The number of hydrogen-bond donors (Lipinski definition) is 0. The lowest BCUT2D eigenvalue weighted by atomic mass is 10.0. The van der Waals surface area contributed by atoms with Crippen LogP contribution in [-0.4, -0.2) is 9.55 Å². The maximum Gasteiger partial charge on any atom is 0.110 e. The minimum atomic E-state index is 0.950. The fraction of sp³-hybridized carbons (Fsp3) is 0.188. The molecule has 0 saturated heterocycles. The van der Waals surface area contributed by atoms with Crippen molar-refractivity contribution in [3.63, 3.8) is 0 Å². The maximum atomic E-state index is 4.76. The number of fused-ring (bicyclic) bond motifs is 4. The minimum absolute atomic E-state index is 0.950. The van der Waals surface area contributed by atoms with Gasteiger partial charge in [0.1, 0.15) is 5.82 Å². The van der Waals surface area contributed by atoms with E-state index in [1.54, 1.807) is 0 Å². The Morgan fingerprint density at radius 1 is 0.833 bits per heavy atom. The topological polar surface area (TPSA) is 17.8 Å². The van der Waals surface area contributed by atoms with Crippen molar-refractivity contribution in [1.29, 1.82) is 0 Å². The van der Waals surface area contributed by atoms with Gasteiger partial charge in [-0.1, -0.05) is 36.4 Å². The third-order valence-corrected chi connectivity index (χ3v) is 3.80. The molecular formula is C16H14N2. The summed E-state index contributed by atoms with van der Waals surface area (Å²) in [6.07, 6.45) is 2.13. The number of nitrogens with zero attached hydrogens (tertiary/aromatic N) is 2. The zero-order chi connectivity index (χ0) is 11.9. The van der Waals surface area contributed by atoms with Crippen molar-refractivity contribution in [2.45, 2.75) is 19.4 Å². The van der Waals surface area contributed by atoms with Crippen molar-refractivity contribution in [3.05, 3.63) is 65.5 Å². The van der Waals surface area contributed by atoms with Gasteiger partial charge in [-0.3, -0.25) is 0 Å². The highest BCUT2D eigenvalue weighted by Gasteiger charge is 2.16. The van der Waals surface area contributed by atoms with E-state index in [4.69, 9.17) is 4.98 Å². The van der Waals surface area contributed by atoms with Crippen molar-refractivity contribution in [2.75, 3.05) is 0 Å². The third-order valence-electron chi connectivity index (χ3n) is 3.80. The van der Waals surface area contributed by atoms with Gasteiger partial charge in [0.05, 0.1) is 11.0 Å². The Bertz CT molecular complexity index is 725. The molecule has 0 spiro atoms. The van der Waals surface area contributed by atoms with Crippen LogP contribution in [0.1, 0.15) is 17.0 Å². The maximum absolute atomic E-state index is 4.76. The van der Waals surface area contributed by atoms with E-state index in [1.807, 2.05) is 0 Å². The Kier molecular flexibility index (Phi) is 2.04. The summed E-state index contributed by atoms with van der Waals surface area (Å²) >= 11 is 0. The smallest absolute Gasteiger partial charge is 0.110 e. The molecule has 0 aliphatic carbocycles. The van der Waals surface area contributed by atoms with Gasteiger partial charge in [-0.15, -0.1) is 0 Å². The number of imidazole rings is 1. The quantitative estimate of drug-likeness (QED) is 0.584. The zero-order valence-electron chi connectivity index (χ0n) is 10.1. The minimum Gasteiger partial charge on any atom is -0.323 e. The second-order valence-corrected chi connectivity index (χ2v) is 4.87. The van der Waals surface area contributed by atoms with E-state index < -0.39 is 0 Å². The van der Waals surface area contributed by atoms with E-state index in [0.717, 1.165) is 24.9 Å². The monoisotopic (exact) mass is 234 g/mol. The molecule has 2 heterocycles. The molecule has 1 aliphatic heterocycles. The number of para-hydroxylation sites is 2. The van der Waals surface area contributed by atoms with Crippen molar-refractivity contribution in [3.8, 4) is 0 Å². The van der Waals surface area contributed by atoms with Crippen LogP contribution in [-0.2, 0) is 19.4 Å². The molecule has 2 heteroatoms. The molecule has 0 atom stereocenters. The third kappa shape index (κ3) is 1.39. The molecule has 0 unspecified atom stereocenters. The molecule has 0 fully saturated rings. The first kappa shape index (κ1) is 9.89. The Morgan fingerprint density at radius 3 is 2.56 bits per heavy atom.